The number of hydrogen-bond donors (Lipinski definition) is 2. The second-order valence-electron chi connectivity index (χ2n) is 3.88. The highest BCUT2D eigenvalue weighted by Crippen LogP contribution is 2.34. The molecule has 0 aromatic rings. The largest absolute Gasteiger partial charge is 0.394 e. The van der Waals surface area contributed by atoms with Crippen LogP contribution in [0.5, 0.6) is 0 Å². The summed E-state index contributed by atoms with van der Waals surface area (Å²) in [6, 6.07) is 0. The van der Waals surface area contributed by atoms with E-state index in [0.29, 0.717) is 5.92 Å². The molecule has 2 N–H and O–H groups in total. The summed E-state index contributed by atoms with van der Waals surface area (Å²) in [5.74, 6) is 0.527. The minimum atomic E-state index is 0.0714. The molecule has 1 aliphatic rings. The van der Waals surface area contributed by atoms with Crippen LogP contribution in [0.25, 0.3) is 0 Å². The number of methoxy groups -OCH3 is 1. The quantitative estimate of drug-likeness (QED) is 0.610. The lowest BCUT2D eigenvalue weighted by Crippen LogP contribution is -2.38. The van der Waals surface area contributed by atoms with Gasteiger partial charge in [-0.05, 0) is 18.8 Å². The van der Waals surface area contributed by atoms with Gasteiger partial charge in [0.15, 0.2) is 0 Å². The lowest BCUT2D eigenvalue weighted by Gasteiger charge is -2.17. The van der Waals surface area contributed by atoms with E-state index in [9.17, 15) is 0 Å². The number of rotatable bonds is 6. The third kappa shape index (κ3) is 2.73. The first kappa shape index (κ1) is 9.96. The fourth-order valence-corrected chi connectivity index (χ4v) is 1.28. The molecule has 1 saturated carbocycles. The molecule has 3 nitrogen and oxygen atoms in total. The number of hydrogen-bond acceptors (Lipinski definition) is 3. The topological polar surface area (TPSA) is 41.5 Å². The van der Waals surface area contributed by atoms with E-state index >= 15 is 0 Å². The molecule has 0 radical (unpaired) electrons. The second kappa shape index (κ2) is 4.21. The predicted molar refractivity (Wildman–Crippen MR) is 48.1 cm³/mol. The van der Waals surface area contributed by atoms with Crippen LogP contribution in [0, 0.1) is 5.92 Å². The van der Waals surface area contributed by atoms with Crippen molar-refractivity contribution in [1.29, 1.82) is 0 Å². The molecule has 0 amide bonds. The van der Waals surface area contributed by atoms with Crippen LogP contribution in [0.15, 0.2) is 0 Å². The predicted octanol–water partition coefficient (Wildman–Crippen LogP) is 0.383. The molecule has 1 atom stereocenters. The van der Waals surface area contributed by atoms with Gasteiger partial charge in [0.25, 0.3) is 0 Å². The third-order valence-corrected chi connectivity index (χ3v) is 2.43. The minimum Gasteiger partial charge on any atom is -0.394 e. The van der Waals surface area contributed by atoms with Crippen molar-refractivity contribution in [2.24, 2.45) is 5.92 Å². The Morgan fingerprint density at radius 1 is 1.58 bits per heavy atom. The summed E-state index contributed by atoms with van der Waals surface area (Å²) in [5, 5.41) is 12.4. The Kier molecular flexibility index (Phi) is 3.50. The van der Waals surface area contributed by atoms with Gasteiger partial charge in [-0.2, -0.15) is 0 Å². The summed E-state index contributed by atoms with van der Waals surface area (Å²) < 4.78 is 5.02. The first-order valence-corrected chi connectivity index (χ1v) is 4.57. The molecule has 0 bridgehead atoms. The number of aliphatic hydroxyl groups is 1. The van der Waals surface area contributed by atoms with Crippen LogP contribution in [0.3, 0.4) is 0 Å². The standard InChI is InChI=1S/C9H19NO2/c1-8(6-12-2)5-10-9(7-11)3-4-9/h8,10-11H,3-7H2,1-2H3. The third-order valence-electron chi connectivity index (χ3n) is 2.43. The van der Waals surface area contributed by atoms with Crippen LogP contribution in [-0.4, -0.2) is 37.5 Å². The van der Waals surface area contributed by atoms with Crippen molar-refractivity contribution in [2.75, 3.05) is 26.9 Å². The fourth-order valence-electron chi connectivity index (χ4n) is 1.28. The molecule has 1 unspecified atom stereocenters. The van der Waals surface area contributed by atoms with Crippen LogP contribution in [0.1, 0.15) is 19.8 Å². The van der Waals surface area contributed by atoms with Gasteiger partial charge >= 0.3 is 0 Å². The van der Waals surface area contributed by atoms with Crippen molar-refractivity contribution in [1.82, 2.24) is 5.32 Å². The summed E-state index contributed by atoms with van der Waals surface area (Å²) in [5.41, 5.74) is 0.0714. The zero-order valence-electron chi connectivity index (χ0n) is 7.97. The number of ether oxygens (including phenoxy) is 1. The van der Waals surface area contributed by atoms with E-state index in [0.717, 1.165) is 26.0 Å². The van der Waals surface area contributed by atoms with E-state index in [-0.39, 0.29) is 12.1 Å². The first-order chi connectivity index (χ1) is 5.72. The molecule has 0 saturated heterocycles. The smallest absolute Gasteiger partial charge is 0.0613 e. The van der Waals surface area contributed by atoms with Gasteiger partial charge in [0.05, 0.1) is 6.61 Å². The van der Waals surface area contributed by atoms with E-state index in [1.54, 1.807) is 7.11 Å². The molecule has 0 spiro atoms. The summed E-state index contributed by atoms with van der Waals surface area (Å²) >= 11 is 0. The van der Waals surface area contributed by atoms with E-state index in [4.69, 9.17) is 9.84 Å². The number of aliphatic hydroxyl groups excluding tert-OH is 1. The first-order valence-electron chi connectivity index (χ1n) is 4.57. The van der Waals surface area contributed by atoms with Crippen molar-refractivity contribution in [3.8, 4) is 0 Å². The molecule has 0 aromatic carbocycles. The van der Waals surface area contributed by atoms with Gasteiger partial charge in [-0.3, -0.25) is 0 Å². The maximum absolute atomic E-state index is 9.01. The summed E-state index contributed by atoms with van der Waals surface area (Å²) in [6.07, 6.45) is 2.23. The monoisotopic (exact) mass is 173 g/mol. The maximum Gasteiger partial charge on any atom is 0.0613 e. The van der Waals surface area contributed by atoms with Crippen LogP contribution in [0.4, 0.5) is 0 Å². The van der Waals surface area contributed by atoms with E-state index < -0.39 is 0 Å². The van der Waals surface area contributed by atoms with Crippen LogP contribution in [0.2, 0.25) is 0 Å². The van der Waals surface area contributed by atoms with Gasteiger partial charge in [-0.15, -0.1) is 0 Å². The summed E-state index contributed by atoms with van der Waals surface area (Å²) in [4.78, 5) is 0. The van der Waals surface area contributed by atoms with Crippen LogP contribution >= 0.6 is 0 Å². The lowest BCUT2D eigenvalue weighted by molar-refractivity contribution is 0.151. The van der Waals surface area contributed by atoms with Crippen molar-refractivity contribution >= 4 is 0 Å². The number of nitrogens with one attached hydrogen (secondary N) is 1. The molecular formula is C9H19NO2. The zero-order valence-corrected chi connectivity index (χ0v) is 7.97. The average molecular weight is 173 g/mol. The Morgan fingerprint density at radius 3 is 2.67 bits per heavy atom. The minimum absolute atomic E-state index is 0.0714. The highest BCUT2D eigenvalue weighted by molar-refractivity contribution is 5.01. The van der Waals surface area contributed by atoms with Gasteiger partial charge in [0, 0.05) is 25.8 Å². The molecule has 1 aliphatic carbocycles. The molecule has 0 aromatic heterocycles. The Labute approximate surface area is 74.1 Å². The fraction of sp³-hybridized carbons (Fsp3) is 1.00. The highest BCUT2D eigenvalue weighted by Gasteiger charge is 2.41. The van der Waals surface area contributed by atoms with Gasteiger partial charge in [-0.25, -0.2) is 0 Å². The van der Waals surface area contributed by atoms with Gasteiger partial charge in [0.1, 0.15) is 0 Å². The van der Waals surface area contributed by atoms with Crippen LogP contribution in [-0.2, 0) is 4.74 Å². The zero-order chi connectivity index (χ0) is 9.03. The van der Waals surface area contributed by atoms with E-state index in [1.165, 1.54) is 0 Å². The van der Waals surface area contributed by atoms with E-state index in [2.05, 4.69) is 12.2 Å². The maximum atomic E-state index is 9.01. The highest BCUT2D eigenvalue weighted by atomic mass is 16.5. The van der Waals surface area contributed by atoms with Gasteiger partial charge < -0.3 is 15.2 Å². The summed E-state index contributed by atoms with van der Waals surface area (Å²) in [7, 11) is 1.72. The molecule has 1 rings (SSSR count). The molecular weight excluding hydrogens is 154 g/mol. The van der Waals surface area contributed by atoms with Crippen molar-refractivity contribution in [3.63, 3.8) is 0 Å². The Bertz CT molecular complexity index is 134. The van der Waals surface area contributed by atoms with Gasteiger partial charge in [0.2, 0.25) is 0 Å². The summed E-state index contributed by atoms with van der Waals surface area (Å²) in [6.45, 7) is 4.14. The molecule has 0 heterocycles. The molecule has 3 heteroatoms. The SMILES string of the molecule is COCC(C)CNC1(CO)CC1. The lowest BCUT2D eigenvalue weighted by atomic mass is 10.2. The Hall–Kier alpha value is -0.120. The average Bonchev–Trinajstić information content (AvgIpc) is 2.82. The van der Waals surface area contributed by atoms with Crippen molar-refractivity contribution in [2.45, 2.75) is 25.3 Å². The van der Waals surface area contributed by atoms with Crippen molar-refractivity contribution in [3.05, 3.63) is 0 Å². The van der Waals surface area contributed by atoms with Gasteiger partial charge in [-0.1, -0.05) is 6.92 Å². The molecule has 12 heavy (non-hydrogen) atoms. The molecule has 72 valence electrons. The molecule has 1 fully saturated rings. The normalized spacial score (nSPS) is 22.2. The molecule has 0 aliphatic heterocycles. The van der Waals surface area contributed by atoms with Crippen molar-refractivity contribution < 1.29 is 9.84 Å². The second-order valence-corrected chi connectivity index (χ2v) is 3.88. The Morgan fingerprint density at radius 2 is 2.25 bits per heavy atom. The van der Waals surface area contributed by atoms with E-state index in [1.807, 2.05) is 0 Å². The van der Waals surface area contributed by atoms with Crippen LogP contribution < -0.4 is 5.32 Å². The Balaban J connectivity index is 2.08.